The minimum absolute atomic E-state index is 0.157. The Kier molecular flexibility index (Phi) is 11.4. The van der Waals surface area contributed by atoms with Gasteiger partial charge in [0.15, 0.2) is 17.6 Å². The number of carbonyl (C=O) groups is 3. The molecule has 3 saturated heterocycles. The lowest BCUT2D eigenvalue weighted by atomic mass is 9.81. The van der Waals surface area contributed by atoms with Gasteiger partial charge in [0.1, 0.15) is 54.9 Å². The van der Waals surface area contributed by atoms with E-state index < -0.39 is 122 Å². The van der Waals surface area contributed by atoms with Crippen molar-refractivity contribution in [3.8, 4) is 11.5 Å². The number of carbonyl (C=O) groups excluding carboxylic acids is 3. The number of benzene rings is 1. The Morgan fingerprint density at radius 1 is 0.980 bits per heavy atom. The van der Waals surface area contributed by atoms with Crippen LogP contribution in [0.5, 0.6) is 11.5 Å². The number of rotatable bonds is 10. The number of phenols is 1. The van der Waals surface area contributed by atoms with Crippen LogP contribution < -0.4 is 4.74 Å². The third-order valence-corrected chi connectivity index (χ3v) is 8.58. The molecule has 7 N–H and O–H groups in total. The van der Waals surface area contributed by atoms with Crippen LogP contribution in [0.25, 0.3) is 0 Å². The lowest BCUT2D eigenvalue weighted by molar-refractivity contribution is -0.340. The average molecular weight is 699 g/mol. The van der Waals surface area contributed by atoms with E-state index in [2.05, 4.69) is 6.58 Å². The number of esters is 3. The van der Waals surface area contributed by atoms with Gasteiger partial charge >= 0.3 is 17.9 Å². The largest absolute Gasteiger partial charge is 0.504 e. The van der Waals surface area contributed by atoms with Crippen molar-refractivity contribution in [2.75, 3.05) is 19.8 Å². The van der Waals surface area contributed by atoms with Crippen LogP contribution >= 0.6 is 0 Å². The van der Waals surface area contributed by atoms with E-state index in [1.165, 1.54) is 24.5 Å². The van der Waals surface area contributed by atoms with Gasteiger partial charge in [-0.2, -0.15) is 0 Å². The number of hydrogen-bond donors (Lipinski definition) is 7. The predicted octanol–water partition coefficient (Wildman–Crippen LogP) is -2.27. The Labute approximate surface area is 278 Å². The number of cyclic esters (lactones) is 1. The van der Waals surface area contributed by atoms with Crippen LogP contribution in [0.4, 0.5) is 0 Å². The first-order valence-electron chi connectivity index (χ1n) is 15.3. The van der Waals surface area contributed by atoms with Crippen LogP contribution in [0.2, 0.25) is 0 Å². The fraction of sp³-hybridized carbons (Fsp3) is 0.581. The first-order valence-corrected chi connectivity index (χ1v) is 15.3. The number of aliphatic hydroxyl groups excluding tert-OH is 6. The summed E-state index contributed by atoms with van der Waals surface area (Å²) < 4.78 is 43.7. The highest BCUT2D eigenvalue weighted by Gasteiger charge is 2.51. The van der Waals surface area contributed by atoms with Crippen molar-refractivity contribution in [3.63, 3.8) is 0 Å². The Morgan fingerprint density at radius 3 is 2.39 bits per heavy atom. The van der Waals surface area contributed by atoms with E-state index in [4.69, 9.17) is 37.9 Å². The fourth-order valence-corrected chi connectivity index (χ4v) is 5.93. The van der Waals surface area contributed by atoms with Crippen molar-refractivity contribution in [1.82, 2.24) is 0 Å². The summed E-state index contributed by atoms with van der Waals surface area (Å²) in [5, 5.41) is 72.2. The number of fused-ring (bicyclic) bond motifs is 1. The maximum absolute atomic E-state index is 13.0. The summed E-state index contributed by atoms with van der Waals surface area (Å²) in [5.74, 6) is -4.68. The molecule has 18 heteroatoms. The van der Waals surface area contributed by atoms with Crippen molar-refractivity contribution >= 4 is 17.9 Å². The van der Waals surface area contributed by atoms with Gasteiger partial charge in [0.2, 0.25) is 18.9 Å². The molecule has 270 valence electrons. The summed E-state index contributed by atoms with van der Waals surface area (Å²) >= 11 is 0. The first kappa shape index (κ1) is 36.4. The van der Waals surface area contributed by atoms with Crippen molar-refractivity contribution in [2.45, 2.75) is 81.0 Å². The minimum atomic E-state index is -1.80. The van der Waals surface area contributed by atoms with E-state index >= 15 is 0 Å². The van der Waals surface area contributed by atoms with Crippen LogP contribution in [-0.2, 0) is 42.7 Å². The van der Waals surface area contributed by atoms with E-state index in [0.29, 0.717) is 6.42 Å². The number of aliphatic hydroxyl groups is 6. The second-order valence-corrected chi connectivity index (χ2v) is 11.7. The van der Waals surface area contributed by atoms with Gasteiger partial charge in [0, 0.05) is 18.8 Å². The van der Waals surface area contributed by atoms with E-state index in [9.17, 15) is 50.1 Å². The molecule has 49 heavy (non-hydrogen) atoms. The summed E-state index contributed by atoms with van der Waals surface area (Å²) in [5.41, 5.74) is -0.167. The summed E-state index contributed by atoms with van der Waals surface area (Å²) in [6.45, 7) is 3.59. The molecule has 0 spiro atoms. The fourth-order valence-electron chi connectivity index (χ4n) is 5.93. The highest BCUT2D eigenvalue weighted by atomic mass is 16.8. The zero-order valence-corrected chi connectivity index (χ0v) is 26.0. The van der Waals surface area contributed by atoms with Crippen LogP contribution in [0.3, 0.4) is 0 Å². The van der Waals surface area contributed by atoms with Crippen molar-refractivity contribution < 1.29 is 88.0 Å². The Bertz CT molecular complexity index is 1410. The van der Waals surface area contributed by atoms with E-state index in [0.717, 1.165) is 13.0 Å². The molecule has 0 radical (unpaired) electrons. The zero-order valence-electron chi connectivity index (χ0n) is 26.0. The molecule has 4 aliphatic heterocycles. The summed E-state index contributed by atoms with van der Waals surface area (Å²) in [6, 6.07) is 3.64. The molecule has 0 aromatic heterocycles. The molecule has 18 nitrogen and oxygen atoms in total. The number of para-hydroxylation sites is 1. The van der Waals surface area contributed by atoms with Crippen LogP contribution in [0.15, 0.2) is 42.7 Å². The van der Waals surface area contributed by atoms with Gasteiger partial charge in [0.25, 0.3) is 0 Å². The second-order valence-electron chi connectivity index (χ2n) is 11.7. The molecular weight excluding hydrogens is 660 g/mol. The Balaban J connectivity index is 1.28. The monoisotopic (exact) mass is 698 g/mol. The maximum Gasteiger partial charge on any atom is 0.342 e. The van der Waals surface area contributed by atoms with E-state index in [1.54, 1.807) is 0 Å². The Morgan fingerprint density at radius 2 is 1.69 bits per heavy atom. The van der Waals surface area contributed by atoms with E-state index in [-0.39, 0.29) is 18.1 Å². The quantitative estimate of drug-likeness (QED) is 0.0771. The standard InChI is InChI=1S/C31H38O18/c1-3-13-14-7-8-42-28(41)16(14)10-44-29(13)49-31-26(45-12(2)33)24(38)22(36)19(48-31)11-43-27(40)15-5-4-6-17(20(15)34)46-30-25(39)23(37)21(35)18(9-32)47-30/h3-6,10,13-14,18-19,21-26,29-32,34-39H,1,7-9,11H2,2H3/t13-,14+,18+,19+,21+,22+,23-,24-,25+,26+,29+,30+,31-/m0/s1. The van der Waals surface area contributed by atoms with Crippen LogP contribution in [-0.4, -0.2) is 141 Å². The highest BCUT2D eigenvalue weighted by molar-refractivity contribution is 5.93. The van der Waals surface area contributed by atoms with Gasteiger partial charge in [-0.3, -0.25) is 4.79 Å². The van der Waals surface area contributed by atoms with Gasteiger partial charge in [-0.05, 0) is 18.6 Å². The first-order chi connectivity index (χ1) is 23.4. The predicted molar refractivity (Wildman–Crippen MR) is 156 cm³/mol. The molecule has 1 aromatic carbocycles. The molecule has 0 bridgehead atoms. The topological polar surface area (TPSA) is 267 Å². The number of phenolic OH excluding ortho intramolecular Hbond substituents is 1. The lowest BCUT2D eigenvalue weighted by Crippen LogP contribution is -2.61. The molecule has 1 aromatic rings. The average Bonchev–Trinajstić information content (AvgIpc) is 3.08. The number of hydrogen-bond acceptors (Lipinski definition) is 18. The molecule has 5 rings (SSSR count). The summed E-state index contributed by atoms with van der Waals surface area (Å²) in [6.07, 6.45) is -14.3. The van der Waals surface area contributed by atoms with Crippen molar-refractivity contribution in [1.29, 1.82) is 0 Å². The smallest absolute Gasteiger partial charge is 0.342 e. The van der Waals surface area contributed by atoms with Crippen molar-refractivity contribution in [3.05, 3.63) is 48.3 Å². The van der Waals surface area contributed by atoms with Crippen LogP contribution in [0.1, 0.15) is 23.7 Å². The van der Waals surface area contributed by atoms with Gasteiger partial charge in [0.05, 0.1) is 25.0 Å². The molecular formula is C31H38O18. The second kappa shape index (κ2) is 15.4. The molecule has 4 aliphatic rings. The summed E-state index contributed by atoms with van der Waals surface area (Å²) in [7, 11) is 0. The highest BCUT2D eigenvalue weighted by Crippen LogP contribution is 2.39. The number of aromatic hydroxyl groups is 1. The number of ether oxygens (including phenoxy) is 8. The molecule has 0 aliphatic carbocycles. The van der Waals surface area contributed by atoms with Gasteiger partial charge in [-0.1, -0.05) is 12.1 Å². The minimum Gasteiger partial charge on any atom is -0.504 e. The molecule has 0 amide bonds. The molecule has 0 unspecified atom stereocenters. The normalized spacial score (nSPS) is 37.4. The zero-order chi connectivity index (χ0) is 35.6. The summed E-state index contributed by atoms with van der Waals surface area (Å²) in [4.78, 5) is 37.1. The Hall–Kier alpha value is -3.85. The SMILES string of the molecule is C=C[C@@H]1[C@@H](O[C@@H]2O[C@H](COC(=O)c3cccc(O[C@@H]4O[C@H](CO)[C@@H](O)[C@H](O)[C@H]4O)c3O)[C@@H](O)[C@H](O)[C@H]2OC(C)=O)OC=C2C(=O)OCC[C@@H]21. The molecule has 13 atom stereocenters. The van der Waals surface area contributed by atoms with Gasteiger partial charge in [-0.25, -0.2) is 9.59 Å². The maximum atomic E-state index is 13.0. The molecule has 3 fully saturated rings. The molecule has 4 heterocycles. The van der Waals surface area contributed by atoms with Gasteiger partial charge in [-0.15, -0.1) is 6.58 Å². The third-order valence-electron chi connectivity index (χ3n) is 8.58. The van der Waals surface area contributed by atoms with Gasteiger partial charge < -0.3 is 73.6 Å². The molecule has 0 saturated carbocycles. The van der Waals surface area contributed by atoms with Crippen LogP contribution in [0, 0.1) is 11.8 Å². The third kappa shape index (κ3) is 7.52. The lowest BCUT2D eigenvalue weighted by Gasteiger charge is -2.44. The van der Waals surface area contributed by atoms with E-state index in [1.807, 2.05) is 0 Å². The van der Waals surface area contributed by atoms with Crippen molar-refractivity contribution in [2.24, 2.45) is 11.8 Å².